The standard InChI is InChI=1S/C15H23N3O6S3/c16-25(19,20)15-4-3-11-18(12-15)27(23,24)14-7-5-13(6-8-14)26(21,22)17-9-1-2-10-17/h5-8,15H,1-4,9-12H2,(H2,16,19,20)/t15-/m0/s1. The average molecular weight is 438 g/mol. The maximum Gasteiger partial charge on any atom is 0.243 e. The predicted molar refractivity (Wildman–Crippen MR) is 99.3 cm³/mol. The van der Waals surface area contributed by atoms with Crippen LogP contribution in [0.1, 0.15) is 25.7 Å². The topological polar surface area (TPSA) is 135 Å². The van der Waals surface area contributed by atoms with E-state index in [1.165, 1.54) is 28.6 Å². The molecule has 2 aliphatic heterocycles. The normalized spacial score (nSPS) is 23.5. The van der Waals surface area contributed by atoms with Crippen molar-refractivity contribution >= 4 is 30.1 Å². The van der Waals surface area contributed by atoms with Gasteiger partial charge in [0.15, 0.2) is 0 Å². The third kappa shape index (κ3) is 4.20. The highest BCUT2D eigenvalue weighted by Gasteiger charge is 2.35. The number of rotatable bonds is 5. The van der Waals surface area contributed by atoms with Crippen LogP contribution in [0.15, 0.2) is 34.1 Å². The monoisotopic (exact) mass is 437 g/mol. The van der Waals surface area contributed by atoms with Gasteiger partial charge in [0.05, 0.1) is 15.0 Å². The Hall–Kier alpha value is -1.05. The van der Waals surface area contributed by atoms with Gasteiger partial charge in [0.25, 0.3) is 0 Å². The minimum Gasteiger partial charge on any atom is -0.228 e. The van der Waals surface area contributed by atoms with Gasteiger partial charge in [0, 0.05) is 26.2 Å². The Balaban J connectivity index is 1.83. The number of hydrogen-bond acceptors (Lipinski definition) is 6. The molecule has 2 saturated heterocycles. The lowest BCUT2D eigenvalue weighted by Crippen LogP contribution is -2.46. The summed E-state index contributed by atoms with van der Waals surface area (Å²) < 4.78 is 76.3. The van der Waals surface area contributed by atoms with Crippen LogP contribution < -0.4 is 5.14 Å². The van der Waals surface area contributed by atoms with E-state index in [2.05, 4.69) is 0 Å². The second-order valence-corrected chi connectivity index (χ2v) is 12.5. The zero-order valence-corrected chi connectivity index (χ0v) is 17.1. The van der Waals surface area contributed by atoms with Gasteiger partial charge in [-0.15, -0.1) is 0 Å². The molecule has 0 bridgehead atoms. The zero-order valence-electron chi connectivity index (χ0n) is 14.7. The van der Waals surface area contributed by atoms with Crippen molar-refractivity contribution in [1.29, 1.82) is 0 Å². The molecule has 2 fully saturated rings. The molecule has 9 nitrogen and oxygen atoms in total. The van der Waals surface area contributed by atoms with Crippen LogP contribution in [0.3, 0.4) is 0 Å². The Bertz CT molecular complexity index is 997. The minimum absolute atomic E-state index is 0.0457. The Morgan fingerprint density at radius 1 is 0.741 bits per heavy atom. The molecule has 0 aliphatic carbocycles. The Morgan fingerprint density at radius 3 is 1.67 bits per heavy atom. The van der Waals surface area contributed by atoms with E-state index in [-0.39, 0.29) is 22.9 Å². The largest absolute Gasteiger partial charge is 0.243 e. The quantitative estimate of drug-likeness (QED) is 0.684. The summed E-state index contributed by atoms with van der Waals surface area (Å²) in [6.07, 6.45) is 2.33. The first-order valence-corrected chi connectivity index (χ1v) is 13.1. The highest BCUT2D eigenvalue weighted by atomic mass is 32.2. The van der Waals surface area contributed by atoms with Crippen LogP contribution in [0, 0.1) is 0 Å². The molecule has 0 spiro atoms. The van der Waals surface area contributed by atoms with E-state index in [4.69, 9.17) is 5.14 Å². The number of nitrogens with two attached hydrogens (primary N) is 1. The average Bonchev–Trinajstić information content (AvgIpc) is 3.17. The van der Waals surface area contributed by atoms with Crippen molar-refractivity contribution in [3.63, 3.8) is 0 Å². The minimum atomic E-state index is -3.93. The summed E-state index contributed by atoms with van der Waals surface area (Å²) in [5, 5.41) is 4.23. The number of sulfonamides is 3. The first-order chi connectivity index (χ1) is 12.5. The van der Waals surface area contributed by atoms with Gasteiger partial charge >= 0.3 is 0 Å². The summed E-state index contributed by atoms with van der Waals surface area (Å²) >= 11 is 0. The Labute approximate surface area is 160 Å². The maximum absolute atomic E-state index is 12.8. The molecule has 2 N–H and O–H groups in total. The summed E-state index contributed by atoms with van der Waals surface area (Å²) in [5.41, 5.74) is 0. The van der Waals surface area contributed by atoms with Gasteiger partial charge in [-0.05, 0) is 49.9 Å². The maximum atomic E-state index is 12.8. The second-order valence-electron chi connectivity index (χ2n) is 6.80. The van der Waals surface area contributed by atoms with Crippen molar-refractivity contribution in [1.82, 2.24) is 8.61 Å². The van der Waals surface area contributed by atoms with Gasteiger partial charge < -0.3 is 0 Å². The van der Waals surface area contributed by atoms with Crippen molar-refractivity contribution < 1.29 is 25.3 Å². The van der Waals surface area contributed by atoms with Gasteiger partial charge in [-0.3, -0.25) is 0 Å². The first-order valence-electron chi connectivity index (χ1n) is 8.65. The van der Waals surface area contributed by atoms with E-state index < -0.39 is 35.3 Å². The van der Waals surface area contributed by atoms with Crippen LogP contribution in [0.5, 0.6) is 0 Å². The molecule has 1 aromatic rings. The summed E-state index contributed by atoms with van der Waals surface area (Å²) in [7, 11) is -11.4. The molecule has 2 heterocycles. The second kappa shape index (κ2) is 7.41. The molecule has 0 amide bonds. The van der Waals surface area contributed by atoms with Crippen molar-refractivity contribution in [2.75, 3.05) is 26.2 Å². The van der Waals surface area contributed by atoms with E-state index in [0.717, 1.165) is 17.1 Å². The van der Waals surface area contributed by atoms with Gasteiger partial charge in [-0.1, -0.05) is 0 Å². The van der Waals surface area contributed by atoms with E-state index in [0.29, 0.717) is 25.9 Å². The molecule has 1 atom stereocenters. The number of hydrogen-bond donors (Lipinski definition) is 1. The number of nitrogens with zero attached hydrogens (tertiary/aromatic N) is 2. The molecule has 0 unspecified atom stereocenters. The lowest BCUT2D eigenvalue weighted by Gasteiger charge is -2.30. The third-order valence-corrected chi connectivity index (χ3v) is 10.1. The fourth-order valence-electron chi connectivity index (χ4n) is 3.40. The highest BCUT2D eigenvalue weighted by Crippen LogP contribution is 2.26. The molecule has 27 heavy (non-hydrogen) atoms. The van der Waals surface area contributed by atoms with Crippen LogP contribution in [-0.2, 0) is 30.1 Å². The van der Waals surface area contributed by atoms with Crippen molar-refractivity contribution in [2.45, 2.75) is 40.7 Å². The van der Waals surface area contributed by atoms with Crippen LogP contribution in [-0.4, -0.2) is 65.3 Å². The Kier molecular flexibility index (Phi) is 5.67. The van der Waals surface area contributed by atoms with Crippen LogP contribution in [0.2, 0.25) is 0 Å². The molecule has 0 saturated carbocycles. The molecular formula is C15H23N3O6S3. The number of benzene rings is 1. The Morgan fingerprint density at radius 2 is 1.19 bits per heavy atom. The zero-order chi connectivity index (χ0) is 19.9. The van der Waals surface area contributed by atoms with Crippen molar-refractivity contribution in [3.8, 4) is 0 Å². The van der Waals surface area contributed by atoms with E-state index in [1.807, 2.05) is 0 Å². The van der Waals surface area contributed by atoms with E-state index in [1.54, 1.807) is 0 Å². The van der Waals surface area contributed by atoms with Gasteiger partial charge in [0.2, 0.25) is 30.1 Å². The van der Waals surface area contributed by atoms with Crippen molar-refractivity contribution in [3.05, 3.63) is 24.3 Å². The fraction of sp³-hybridized carbons (Fsp3) is 0.600. The van der Waals surface area contributed by atoms with E-state index in [9.17, 15) is 25.3 Å². The van der Waals surface area contributed by atoms with Crippen LogP contribution in [0.4, 0.5) is 0 Å². The summed E-state index contributed by atoms with van der Waals surface area (Å²) in [5.74, 6) is 0. The molecular weight excluding hydrogens is 414 g/mol. The van der Waals surface area contributed by atoms with Crippen LogP contribution >= 0.6 is 0 Å². The van der Waals surface area contributed by atoms with Crippen molar-refractivity contribution in [2.24, 2.45) is 5.14 Å². The fourth-order valence-corrected chi connectivity index (χ4v) is 7.42. The summed E-state index contributed by atoms with van der Waals surface area (Å²) in [6.45, 7) is 0.924. The van der Waals surface area contributed by atoms with Gasteiger partial charge in [-0.2, -0.15) is 8.61 Å². The lowest BCUT2D eigenvalue weighted by molar-refractivity contribution is 0.346. The molecule has 0 aromatic heterocycles. The van der Waals surface area contributed by atoms with Crippen LogP contribution in [0.25, 0.3) is 0 Å². The van der Waals surface area contributed by atoms with E-state index >= 15 is 0 Å². The molecule has 152 valence electrons. The highest BCUT2D eigenvalue weighted by molar-refractivity contribution is 7.90. The van der Waals surface area contributed by atoms with Gasteiger partial charge in [-0.25, -0.2) is 30.4 Å². The molecule has 12 heteroatoms. The molecule has 2 aliphatic rings. The third-order valence-electron chi connectivity index (χ3n) is 4.97. The molecule has 0 radical (unpaired) electrons. The SMILES string of the molecule is NS(=O)(=O)[C@H]1CCCN(S(=O)(=O)c2ccc(S(=O)(=O)N3CCCC3)cc2)C1. The number of primary sulfonamides is 1. The number of piperidine rings is 1. The lowest BCUT2D eigenvalue weighted by atomic mass is 10.2. The first kappa shape index (κ1) is 20.7. The smallest absolute Gasteiger partial charge is 0.228 e. The molecule has 1 aromatic carbocycles. The molecule has 3 rings (SSSR count). The summed E-state index contributed by atoms with van der Waals surface area (Å²) in [6, 6.07) is 5.06. The predicted octanol–water partition coefficient (Wildman–Crippen LogP) is -0.0873. The van der Waals surface area contributed by atoms with Gasteiger partial charge in [0.1, 0.15) is 0 Å². The summed E-state index contributed by atoms with van der Waals surface area (Å²) in [4.78, 5) is -0.0256.